The SMILES string of the molecule is Cc1nc(N)c2c(n1)C(C)N(C(=O)c1ccccc1)C2. The fourth-order valence-electron chi connectivity index (χ4n) is 2.60. The predicted octanol–water partition coefficient (Wildman–Crippen LogP) is 2.08. The van der Waals surface area contributed by atoms with Gasteiger partial charge in [-0.1, -0.05) is 18.2 Å². The van der Waals surface area contributed by atoms with Gasteiger partial charge in [0.15, 0.2) is 0 Å². The molecule has 0 bridgehead atoms. The van der Waals surface area contributed by atoms with Gasteiger partial charge in [-0.25, -0.2) is 9.97 Å². The van der Waals surface area contributed by atoms with E-state index in [0.29, 0.717) is 23.8 Å². The predicted molar refractivity (Wildman–Crippen MR) is 75.9 cm³/mol. The molecule has 2 aromatic rings. The Bertz CT molecular complexity index is 669. The number of hydrogen-bond acceptors (Lipinski definition) is 4. The number of aryl methyl sites for hydroxylation is 1. The number of carbonyl (C=O) groups is 1. The van der Waals surface area contributed by atoms with E-state index >= 15 is 0 Å². The number of fused-ring (bicyclic) bond motifs is 1. The lowest BCUT2D eigenvalue weighted by molar-refractivity contribution is 0.0703. The maximum Gasteiger partial charge on any atom is 0.254 e. The molecule has 20 heavy (non-hydrogen) atoms. The van der Waals surface area contributed by atoms with E-state index in [2.05, 4.69) is 9.97 Å². The topological polar surface area (TPSA) is 72.1 Å². The van der Waals surface area contributed by atoms with Crippen molar-refractivity contribution < 1.29 is 4.79 Å². The zero-order valence-electron chi connectivity index (χ0n) is 11.5. The smallest absolute Gasteiger partial charge is 0.254 e. The van der Waals surface area contributed by atoms with Crippen LogP contribution in [0.4, 0.5) is 5.82 Å². The molecule has 0 saturated carbocycles. The number of nitrogens with two attached hydrogens (primary N) is 1. The van der Waals surface area contributed by atoms with Crippen LogP contribution < -0.4 is 5.73 Å². The molecule has 1 atom stereocenters. The highest BCUT2D eigenvalue weighted by atomic mass is 16.2. The maximum absolute atomic E-state index is 12.6. The second kappa shape index (κ2) is 4.59. The molecule has 1 unspecified atom stereocenters. The summed E-state index contributed by atoms with van der Waals surface area (Å²) in [6.07, 6.45) is 0. The lowest BCUT2D eigenvalue weighted by Crippen LogP contribution is -2.28. The summed E-state index contributed by atoms with van der Waals surface area (Å²) in [4.78, 5) is 23.0. The molecule has 2 N–H and O–H groups in total. The molecule has 1 aliphatic rings. The van der Waals surface area contributed by atoms with Crippen LogP contribution in [0.2, 0.25) is 0 Å². The summed E-state index contributed by atoms with van der Waals surface area (Å²) < 4.78 is 0. The van der Waals surface area contributed by atoms with E-state index in [4.69, 9.17) is 5.73 Å². The molecule has 0 aliphatic carbocycles. The van der Waals surface area contributed by atoms with Crippen LogP contribution in [0, 0.1) is 6.92 Å². The second-order valence-corrected chi connectivity index (χ2v) is 4.99. The van der Waals surface area contributed by atoms with E-state index in [9.17, 15) is 4.79 Å². The molecule has 0 radical (unpaired) electrons. The van der Waals surface area contributed by atoms with Crippen LogP contribution >= 0.6 is 0 Å². The summed E-state index contributed by atoms with van der Waals surface area (Å²) in [6.45, 7) is 4.25. The Labute approximate surface area is 117 Å². The van der Waals surface area contributed by atoms with E-state index in [1.54, 1.807) is 4.90 Å². The van der Waals surface area contributed by atoms with Crippen LogP contribution in [-0.4, -0.2) is 20.8 Å². The third kappa shape index (κ3) is 1.91. The number of nitrogens with zero attached hydrogens (tertiary/aromatic N) is 3. The number of nitrogen functional groups attached to an aromatic ring is 1. The monoisotopic (exact) mass is 268 g/mol. The van der Waals surface area contributed by atoms with Gasteiger partial charge < -0.3 is 10.6 Å². The number of carbonyl (C=O) groups excluding carboxylic acids is 1. The highest BCUT2D eigenvalue weighted by molar-refractivity contribution is 5.94. The zero-order chi connectivity index (χ0) is 14.3. The average molecular weight is 268 g/mol. The molecule has 102 valence electrons. The average Bonchev–Trinajstić information content (AvgIpc) is 2.77. The molecule has 5 heteroatoms. The van der Waals surface area contributed by atoms with Crippen molar-refractivity contribution in [3.05, 3.63) is 53.0 Å². The van der Waals surface area contributed by atoms with Crippen LogP contribution in [0.5, 0.6) is 0 Å². The third-order valence-corrected chi connectivity index (χ3v) is 3.66. The Kier molecular flexibility index (Phi) is 2.89. The van der Waals surface area contributed by atoms with Gasteiger partial charge in [-0.05, 0) is 26.0 Å². The largest absolute Gasteiger partial charge is 0.383 e. The van der Waals surface area contributed by atoms with Crippen molar-refractivity contribution in [3.8, 4) is 0 Å². The molecule has 3 rings (SSSR count). The Morgan fingerprint density at radius 2 is 2.00 bits per heavy atom. The van der Waals surface area contributed by atoms with Crippen LogP contribution in [0.1, 0.15) is 40.4 Å². The molecule has 1 amide bonds. The fraction of sp³-hybridized carbons (Fsp3) is 0.267. The quantitative estimate of drug-likeness (QED) is 0.859. The van der Waals surface area contributed by atoms with Gasteiger partial charge in [0.05, 0.1) is 18.3 Å². The van der Waals surface area contributed by atoms with E-state index in [-0.39, 0.29) is 11.9 Å². The van der Waals surface area contributed by atoms with Gasteiger partial charge in [0, 0.05) is 11.1 Å². The van der Waals surface area contributed by atoms with Crippen molar-refractivity contribution in [1.82, 2.24) is 14.9 Å². The maximum atomic E-state index is 12.6. The van der Waals surface area contributed by atoms with Gasteiger partial charge in [-0.2, -0.15) is 0 Å². The molecule has 1 aromatic heterocycles. The van der Waals surface area contributed by atoms with E-state index < -0.39 is 0 Å². The fourth-order valence-corrected chi connectivity index (χ4v) is 2.60. The molecule has 0 spiro atoms. The summed E-state index contributed by atoms with van der Waals surface area (Å²) in [5.41, 5.74) is 8.35. The normalized spacial score (nSPS) is 17.1. The van der Waals surface area contributed by atoms with Gasteiger partial charge in [0.1, 0.15) is 11.6 Å². The minimum Gasteiger partial charge on any atom is -0.383 e. The highest BCUT2D eigenvalue weighted by Crippen LogP contribution is 2.35. The van der Waals surface area contributed by atoms with Crippen molar-refractivity contribution in [1.29, 1.82) is 0 Å². The van der Waals surface area contributed by atoms with E-state index in [0.717, 1.165) is 11.3 Å². The third-order valence-electron chi connectivity index (χ3n) is 3.66. The standard InChI is InChI=1S/C15H16N4O/c1-9-13-12(14(16)18-10(2)17-13)8-19(9)15(20)11-6-4-3-5-7-11/h3-7,9H,8H2,1-2H3,(H2,16,17,18). The first-order chi connectivity index (χ1) is 9.58. The Morgan fingerprint density at radius 3 is 2.70 bits per heavy atom. The first-order valence-electron chi connectivity index (χ1n) is 6.57. The minimum atomic E-state index is -0.0818. The first-order valence-corrected chi connectivity index (χ1v) is 6.57. The number of hydrogen-bond donors (Lipinski definition) is 1. The number of aromatic nitrogens is 2. The Morgan fingerprint density at radius 1 is 1.30 bits per heavy atom. The van der Waals surface area contributed by atoms with Gasteiger partial charge in [0.2, 0.25) is 0 Å². The van der Waals surface area contributed by atoms with Crippen LogP contribution in [0.3, 0.4) is 0 Å². The summed E-state index contributed by atoms with van der Waals surface area (Å²) >= 11 is 0. The Hall–Kier alpha value is -2.43. The first kappa shape index (κ1) is 12.6. The number of rotatable bonds is 1. The molecule has 1 aromatic carbocycles. The zero-order valence-corrected chi connectivity index (χ0v) is 11.5. The van der Waals surface area contributed by atoms with E-state index in [1.807, 2.05) is 44.2 Å². The van der Waals surface area contributed by atoms with Crippen molar-refractivity contribution in [3.63, 3.8) is 0 Å². The Balaban J connectivity index is 1.96. The molecule has 1 aliphatic heterocycles. The van der Waals surface area contributed by atoms with Crippen molar-refractivity contribution in [2.24, 2.45) is 0 Å². The molecular formula is C15H16N4O. The lowest BCUT2D eigenvalue weighted by atomic mass is 10.1. The number of benzene rings is 1. The van der Waals surface area contributed by atoms with E-state index in [1.165, 1.54) is 0 Å². The summed E-state index contributed by atoms with van der Waals surface area (Å²) in [6, 6.07) is 9.17. The molecule has 0 fully saturated rings. The van der Waals surface area contributed by atoms with Crippen molar-refractivity contribution in [2.45, 2.75) is 26.4 Å². The van der Waals surface area contributed by atoms with Crippen LogP contribution in [0.25, 0.3) is 0 Å². The van der Waals surface area contributed by atoms with Gasteiger partial charge in [0.25, 0.3) is 5.91 Å². The lowest BCUT2D eigenvalue weighted by Gasteiger charge is -2.21. The summed E-state index contributed by atoms with van der Waals surface area (Å²) in [5.74, 6) is 1.11. The summed E-state index contributed by atoms with van der Waals surface area (Å²) in [7, 11) is 0. The summed E-state index contributed by atoms with van der Waals surface area (Å²) in [5, 5.41) is 0. The van der Waals surface area contributed by atoms with Gasteiger partial charge in [-0.3, -0.25) is 4.79 Å². The minimum absolute atomic E-state index is 0.00634. The molecule has 5 nitrogen and oxygen atoms in total. The molecule has 0 saturated heterocycles. The van der Waals surface area contributed by atoms with Crippen LogP contribution in [0.15, 0.2) is 30.3 Å². The highest BCUT2D eigenvalue weighted by Gasteiger charge is 2.34. The van der Waals surface area contributed by atoms with Crippen molar-refractivity contribution >= 4 is 11.7 Å². The van der Waals surface area contributed by atoms with Crippen LogP contribution in [-0.2, 0) is 6.54 Å². The van der Waals surface area contributed by atoms with Gasteiger partial charge >= 0.3 is 0 Å². The van der Waals surface area contributed by atoms with Gasteiger partial charge in [-0.15, -0.1) is 0 Å². The number of amides is 1. The second-order valence-electron chi connectivity index (χ2n) is 4.99. The molecule has 2 heterocycles. The number of anilines is 1. The molecular weight excluding hydrogens is 252 g/mol. The van der Waals surface area contributed by atoms with Crippen molar-refractivity contribution in [2.75, 3.05) is 5.73 Å².